The standard InChI is InChI=1S/C15H11N3O3/c16-10-12-3-1-11(2-4-12)9-15(19)17-13-5-7-14(8-6-13)18(20)21/h1-8H,9H2,(H,17,19). The molecule has 0 atom stereocenters. The quantitative estimate of drug-likeness (QED) is 0.688. The van der Waals surface area contributed by atoms with Crippen LogP contribution in [0.3, 0.4) is 0 Å². The van der Waals surface area contributed by atoms with Crippen LogP contribution >= 0.6 is 0 Å². The van der Waals surface area contributed by atoms with Crippen LogP contribution in [-0.2, 0) is 11.2 Å². The van der Waals surface area contributed by atoms with E-state index in [1.54, 1.807) is 24.3 Å². The van der Waals surface area contributed by atoms with Crippen LogP contribution < -0.4 is 5.32 Å². The molecular weight excluding hydrogens is 270 g/mol. The summed E-state index contributed by atoms with van der Waals surface area (Å²) in [6.07, 6.45) is 0.169. The monoisotopic (exact) mass is 281 g/mol. The number of amides is 1. The van der Waals surface area contributed by atoms with E-state index in [1.807, 2.05) is 6.07 Å². The van der Waals surface area contributed by atoms with Crippen molar-refractivity contribution < 1.29 is 9.72 Å². The van der Waals surface area contributed by atoms with Crippen LogP contribution in [0.5, 0.6) is 0 Å². The highest BCUT2D eigenvalue weighted by atomic mass is 16.6. The van der Waals surface area contributed by atoms with Gasteiger partial charge < -0.3 is 5.32 Å². The Morgan fingerprint density at radius 2 is 1.76 bits per heavy atom. The van der Waals surface area contributed by atoms with Crippen molar-refractivity contribution in [1.82, 2.24) is 0 Å². The van der Waals surface area contributed by atoms with E-state index in [1.165, 1.54) is 24.3 Å². The lowest BCUT2D eigenvalue weighted by molar-refractivity contribution is -0.384. The number of nitrogens with zero attached hydrogens (tertiary/aromatic N) is 2. The molecule has 0 aliphatic heterocycles. The SMILES string of the molecule is N#Cc1ccc(CC(=O)Nc2ccc([N+](=O)[O-])cc2)cc1. The number of anilines is 1. The second-order valence-corrected chi connectivity index (χ2v) is 4.34. The fourth-order valence-electron chi connectivity index (χ4n) is 1.75. The van der Waals surface area contributed by atoms with Crippen molar-refractivity contribution in [2.45, 2.75) is 6.42 Å². The predicted octanol–water partition coefficient (Wildman–Crippen LogP) is 2.65. The summed E-state index contributed by atoms with van der Waals surface area (Å²) in [7, 11) is 0. The van der Waals surface area contributed by atoms with Crippen LogP contribution in [-0.4, -0.2) is 10.8 Å². The van der Waals surface area contributed by atoms with Crippen LogP contribution in [0, 0.1) is 21.4 Å². The minimum atomic E-state index is -0.498. The van der Waals surface area contributed by atoms with Gasteiger partial charge in [0.2, 0.25) is 5.91 Å². The number of hydrogen-bond donors (Lipinski definition) is 1. The topological polar surface area (TPSA) is 96.0 Å². The first-order chi connectivity index (χ1) is 10.1. The van der Waals surface area contributed by atoms with Crippen LogP contribution in [0.1, 0.15) is 11.1 Å². The summed E-state index contributed by atoms with van der Waals surface area (Å²) in [5.74, 6) is -0.228. The average molecular weight is 281 g/mol. The van der Waals surface area contributed by atoms with Gasteiger partial charge >= 0.3 is 0 Å². The minimum absolute atomic E-state index is 0.0277. The van der Waals surface area contributed by atoms with E-state index < -0.39 is 4.92 Å². The maximum Gasteiger partial charge on any atom is 0.269 e. The second kappa shape index (κ2) is 6.30. The normalized spacial score (nSPS) is 9.67. The van der Waals surface area contributed by atoms with Gasteiger partial charge in [0.1, 0.15) is 0 Å². The fourth-order valence-corrected chi connectivity index (χ4v) is 1.75. The number of nitrogens with one attached hydrogen (secondary N) is 1. The van der Waals surface area contributed by atoms with E-state index in [2.05, 4.69) is 5.32 Å². The summed E-state index contributed by atoms with van der Waals surface area (Å²) in [5, 5.41) is 21.9. The van der Waals surface area contributed by atoms with Gasteiger partial charge in [-0.05, 0) is 29.8 Å². The highest BCUT2D eigenvalue weighted by molar-refractivity contribution is 5.92. The Labute approximate surface area is 120 Å². The van der Waals surface area contributed by atoms with E-state index in [-0.39, 0.29) is 18.0 Å². The molecule has 6 nitrogen and oxygen atoms in total. The van der Waals surface area contributed by atoms with E-state index in [4.69, 9.17) is 5.26 Å². The van der Waals surface area contributed by atoms with E-state index in [0.29, 0.717) is 11.3 Å². The van der Waals surface area contributed by atoms with Gasteiger partial charge in [0.05, 0.1) is 23.0 Å². The molecule has 2 rings (SSSR count). The smallest absolute Gasteiger partial charge is 0.269 e. The van der Waals surface area contributed by atoms with Gasteiger partial charge in [0.25, 0.3) is 5.69 Å². The molecule has 1 amide bonds. The Hall–Kier alpha value is -3.20. The summed E-state index contributed by atoms with van der Waals surface area (Å²) in [6.45, 7) is 0. The molecule has 0 fully saturated rings. The molecule has 0 spiro atoms. The number of nitriles is 1. The molecule has 0 aliphatic carbocycles. The third-order valence-electron chi connectivity index (χ3n) is 2.81. The second-order valence-electron chi connectivity index (χ2n) is 4.34. The van der Waals surface area contributed by atoms with Gasteiger partial charge in [-0.2, -0.15) is 5.26 Å². The molecule has 0 bridgehead atoms. The number of rotatable bonds is 4. The van der Waals surface area contributed by atoms with Crippen molar-refractivity contribution in [1.29, 1.82) is 5.26 Å². The fraction of sp³-hybridized carbons (Fsp3) is 0.0667. The maximum absolute atomic E-state index is 11.8. The van der Waals surface area contributed by atoms with Crippen LogP contribution in [0.4, 0.5) is 11.4 Å². The van der Waals surface area contributed by atoms with Gasteiger partial charge in [0, 0.05) is 17.8 Å². The Morgan fingerprint density at radius 1 is 1.14 bits per heavy atom. The van der Waals surface area contributed by atoms with Crippen molar-refractivity contribution in [2.24, 2.45) is 0 Å². The number of hydrogen-bond acceptors (Lipinski definition) is 4. The summed E-state index contributed by atoms with van der Waals surface area (Å²) in [5.41, 5.74) is 1.79. The molecule has 0 saturated carbocycles. The molecule has 2 aromatic carbocycles. The Balaban J connectivity index is 1.97. The van der Waals surface area contributed by atoms with Crippen LogP contribution in [0.25, 0.3) is 0 Å². The number of nitro groups is 1. The van der Waals surface area contributed by atoms with Gasteiger partial charge in [0.15, 0.2) is 0 Å². The summed E-state index contributed by atoms with van der Waals surface area (Å²) in [6, 6.07) is 14.4. The lowest BCUT2D eigenvalue weighted by atomic mass is 10.1. The molecule has 0 radical (unpaired) electrons. The van der Waals surface area contributed by atoms with Crippen molar-refractivity contribution in [3.8, 4) is 6.07 Å². The zero-order valence-corrected chi connectivity index (χ0v) is 10.9. The zero-order chi connectivity index (χ0) is 15.2. The third-order valence-corrected chi connectivity index (χ3v) is 2.81. The Morgan fingerprint density at radius 3 is 2.29 bits per heavy atom. The molecule has 0 unspecified atom stereocenters. The molecule has 21 heavy (non-hydrogen) atoms. The first kappa shape index (κ1) is 14.2. The van der Waals surface area contributed by atoms with Crippen LogP contribution in [0.15, 0.2) is 48.5 Å². The molecular formula is C15H11N3O3. The average Bonchev–Trinajstić information content (AvgIpc) is 2.48. The lowest BCUT2D eigenvalue weighted by Gasteiger charge is -2.05. The van der Waals surface area contributed by atoms with E-state index in [0.717, 1.165) is 5.56 Å². The molecule has 1 N–H and O–H groups in total. The molecule has 0 saturated heterocycles. The van der Waals surface area contributed by atoms with Crippen molar-refractivity contribution in [3.63, 3.8) is 0 Å². The Bertz CT molecular complexity index is 700. The Kier molecular flexibility index (Phi) is 4.26. The van der Waals surface area contributed by atoms with E-state index >= 15 is 0 Å². The van der Waals surface area contributed by atoms with E-state index in [9.17, 15) is 14.9 Å². The van der Waals surface area contributed by atoms with Crippen LogP contribution in [0.2, 0.25) is 0 Å². The largest absolute Gasteiger partial charge is 0.326 e. The molecule has 0 aliphatic rings. The first-order valence-corrected chi connectivity index (χ1v) is 6.12. The minimum Gasteiger partial charge on any atom is -0.326 e. The van der Waals surface area contributed by atoms with Gasteiger partial charge in [-0.3, -0.25) is 14.9 Å². The van der Waals surface area contributed by atoms with Gasteiger partial charge in [-0.25, -0.2) is 0 Å². The first-order valence-electron chi connectivity index (χ1n) is 6.12. The predicted molar refractivity (Wildman–Crippen MR) is 76.6 cm³/mol. The van der Waals surface area contributed by atoms with Crippen molar-refractivity contribution >= 4 is 17.3 Å². The molecule has 0 aromatic heterocycles. The molecule has 104 valence electrons. The molecule has 0 heterocycles. The summed E-state index contributed by atoms with van der Waals surface area (Å²) >= 11 is 0. The highest BCUT2D eigenvalue weighted by Crippen LogP contribution is 2.15. The van der Waals surface area contributed by atoms with Gasteiger partial charge in [-0.1, -0.05) is 12.1 Å². The van der Waals surface area contributed by atoms with Crippen molar-refractivity contribution in [3.05, 3.63) is 69.8 Å². The number of non-ortho nitro benzene ring substituents is 1. The number of carbonyl (C=O) groups is 1. The van der Waals surface area contributed by atoms with Gasteiger partial charge in [-0.15, -0.1) is 0 Å². The number of benzene rings is 2. The lowest BCUT2D eigenvalue weighted by Crippen LogP contribution is -2.14. The number of carbonyl (C=O) groups excluding carboxylic acids is 1. The zero-order valence-electron chi connectivity index (χ0n) is 10.9. The summed E-state index contributed by atoms with van der Waals surface area (Å²) < 4.78 is 0. The summed E-state index contributed by atoms with van der Waals surface area (Å²) in [4.78, 5) is 21.9. The molecule has 2 aromatic rings. The highest BCUT2D eigenvalue weighted by Gasteiger charge is 2.07. The maximum atomic E-state index is 11.8. The third kappa shape index (κ3) is 3.88. The van der Waals surface area contributed by atoms with Crippen molar-refractivity contribution in [2.75, 3.05) is 5.32 Å². The molecule has 6 heteroatoms. The number of nitro benzene ring substituents is 1.